The van der Waals surface area contributed by atoms with E-state index in [0.29, 0.717) is 5.92 Å². The highest BCUT2D eigenvalue weighted by molar-refractivity contribution is 5.47. The quantitative estimate of drug-likeness (QED) is 0.844. The van der Waals surface area contributed by atoms with Gasteiger partial charge < -0.3 is 11.1 Å². The lowest BCUT2D eigenvalue weighted by Gasteiger charge is -2.21. The summed E-state index contributed by atoms with van der Waals surface area (Å²) in [5, 5.41) is 7.61. The molecule has 0 amide bonds. The maximum Gasteiger partial charge on any atom is 0.221 e. The molecule has 3 N–H and O–H groups in total. The molecule has 114 valence electrons. The minimum Gasteiger partial charge on any atom is -0.368 e. The second kappa shape index (κ2) is 6.51. The molecule has 0 saturated heterocycles. The monoisotopic (exact) mass is 289 g/mol. The van der Waals surface area contributed by atoms with Gasteiger partial charge in [-0.15, -0.1) is 0 Å². The van der Waals surface area contributed by atoms with Crippen molar-refractivity contribution in [1.82, 2.24) is 24.7 Å². The largest absolute Gasteiger partial charge is 0.368 e. The first-order valence-electron chi connectivity index (χ1n) is 7.23. The highest BCUT2D eigenvalue weighted by Crippen LogP contribution is 2.25. The predicted molar refractivity (Wildman–Crippen MR) is 82.6 cm³/mol. The summed E-state index contributed by atoms with van der Waals surface area (Å²) in [6.45, 7) is 6.43. The van der Waals surface area contributed by atoms with E-state index in [0.717, 1.165) is 30.0 Å². The van der Waals surface area contributed by atoms with Crippen molar-refractivity contribution in [3.05, 3.63) is 23.9 Å². The van der Waals surface area contributed by atoms with Crippen LogP contribution in [0.15, 0.2) is 12.5 Å². The van der Waals surface area contributed by atoms with E-state index in [-0.39, 0.29) is 12.0 Å². The van der Waals surface area contributed by atoms with Gasteiger partial charge in [0.15, 0.2) is 0 Å². The van der Waals surface area contributed by atoms with Gasteiger partial charge in [-0.1, -0.05) is 20.8 Å². The van der Waals surface area contributed by atoms with Crippen molar-refractivity contribution in [2.45, 2.75) is 39.7 Å². The van der Waals surface area contributed by atoms with Crippen LogP contribution >= 0.6 is 0 Å². The molecule has 2 aromatic rings. The Labute approximate surface area is 125 Å². The molecule has 7 nitrogen and oxygen atoms in total. The van der Waals surface area contributed by atoms with E-state index in [1.165, 1.54) is 0 Å². The van der Waals surface area contributed by atoms with Gasteiger partial charge in [-0.05, 0) is 18.8 Å². The van der Waals surface area contributed by atoms with Crippen LogP contribution in [0.2, 0.25) is 0 Å². The van der Waals surface area contributed by atoms with E-state index < -0.39 is 0 Å². The Morgan fingerprint density at radius 2 is 2.10 bits per heavy atom. The summed E-state index contributed by atoms with van der Waals surface area (Å²) in [5.74, 6) is 2.46. The number of anilines is 2. The lowest BCUT2D eigenvalue weighted by Crippen LogP contribution is -2.20. The van der Waals surface area contributed by atoms with Crippen LogP contribution < -0.4 is 11.1 Å². The molecule has 0 radical (unpaired) electrons. The predicted octanol–water partition coefficient (Wildman–Crippen LogP) is 1.95. The summed E-state index contributed by atoms with van der Waals surface area (Å²) in [6.07, 6.45) is 5.11. The van der Waals surface area contributed by atoms with E-state index in [9.17, 15) is 0 Å². The van der Waals surface area contributed by atoms with E-state index in [4.69, 9.17) is 5.73 Å². The van der Waals surface area contributed by atoms with Crippen LogP contribution in [-0.2, 0) is 13.5 Å². The maximum atomic E-state index is 5.71. The summed E-state index contributed by atoms with van der Waals surface area (Å²) in [4.78, 5) is 12.7. The normalized spacial score (nSPS) is 12.6. The Morgan fingerprint density at radius 1 is 1.33 bits per heavy atom. The SMILES string of the molecule is CCc1cnc(N)nc1NC(CC(C)C)c1ncnn1C. The zero-order chi connectivity index (χ0) is 15.4. The number of hydrogen-bond acceptors (Lipinski definition) is 6. The maximum absolute atomic E-state index is 5.71. The molecule has 0 aliphatic carbocycles. The molecule has 0 saturated carbocycles. The minimum absolute atomic E-state index is 0.0390. The highest BCUT2D eigenvalue weighted by atomic mass is 15.3. The highest BCUT2D eigenvalue weighted by Gasteiger charge is 2.20. The molecule has 1 atom stereocenters. The zero-order valence-electron chi connectivity index (χ0n) is 13.0. The van der Waals surface area contributed by atoms with E-state index in [1.807, 2.05) is 7.05 Å². The third-order valence-corrected chi connectivity index (χ3v) is 3.34. The van der Waals surface area contributed by atoms with Gasteiger partial charge in [0.05, 0.1) is 6.04 Å². The summed E-state index contributed by atoms with van der Waals surface area (Å²) in [7, 11) is 1.90. The van der Waals surface area contributed by atoms with Gasteiger partial charge in [0.2, 0.25) is 5.95 Å². The first-order valence-corrected chi connectivity index (χ1v) is 7.23. The molecule has 0 spiro atoms. The molecule has 0 aliphatic heterocycles. The molecule has 7 heteroatoms. The molecule has 0 aliphatic rings. The smallest absolute Gasteiger partial charge is 0.221 e. The number of nitrogens with two attached hydrogens (primary N) is 1. The number of hydrogen-bond donors (Lipinski definition) is 2. The van der Waals surface area contributed by atoms with Crippen LogP contribution in [-0.4, -0.2) is 24.7 Å². The third kappa shape index (κ3) is 3.68. The molecule has 1 unspecified atom stereocenters. The van der Waals surface area contributed by atoms with Crippen LogP contribution in [0, 0.1) is 5.92 Å². The minimum atomic E-state index is 0.0390. The van der Waals surface area contributed by atoms with Gasteiger partial charge in [0.1, 0.15) is 18.0 Å². The second-order valence-corrected chi connectivity index (χ2v) is 5.52. The van der Waals surface area contributed by atoms with E-state index in [1.54, 1.807) is 17.2 Å². The average molecular weight is 289 g/mol. The van der Waals surface area contributed by atoms with Gasteiger partial charge >= 0.3 is 0 Å². The Bertz CT molecular complexity index is 591. The number of rotatable bonds is 6. The zero-order valence-corrected chi connectivity index (χ0v) is 13.0. The number of nitrogen functional groups attached to an aromatic ring is 1. The van der Waals surface area contributed by atoms with E-state index >= 15 is 0 Å². The van der Waals surface area contributed by atoms with Crippen molar-refractivity contribution >= 4 is 11.8 Å². The second-order valence-electron chi connectivity index (χ2n) is 5.52. The van der Waals surface area contributed by atoms with Gasteiger partial charge in [-0.2, -0.15) is 10.1 Å². The summed E-state index contributed by atoms with van der Waals surface area (Å²) >= 11 is 0. The van der Waals surface area contributed by atoms with Crippen LogP contribution in [0.4, 0.5) is 11.8 Å². The van der Waals surface area contributed by atoms with Crippen LogP contribution in [0.25, 0.3) is 0 Å². The third-order valence-electron chi connectivity index (χ3n) is 3.34. The van der Waals surface area contributed by atoms with Gasteiger partial charge in [0.25, 0.3) is 0 Å². The van der Waals surface area contributed by atoms with Gasteiger partial charge in [0, 0.05) is 18.8 Å². The first-order chi connectivity index (χ1) is 10.0. The van der Waals surface area contributed by atoms with Crippen molar-refractivity contribution in [2.24, 2.45) is 13.0 Å². The van der Waals surface area contributed by atoms with Crippen LogP contribution in [0.3, 0.4) is 0 Å². The molecule has 0 aromatic carbocycles. The molecular weight excluding hydrogens is 266 g/mol. The average Bonchev–Trinajstić information content (AvgIpc) is 2.84. The van der Waals surface area contributed by atoms with Gasteiger partial charge in [-0.3, -0.25) is 4.68 Å². The number of aromatic nitrogens is 5. The fourth-order valence-corrected chi connectivity index (χ4v) is 2.29. The Morgan fingerprint density at radius 3 is 2.67 bits per heavy atom. The van der Waals surface area contributed by atoms with Crippen molar-refractivity contribution in [3.63, 3.8) is 0 Å². The molecule has 2 rings (SSSR count). The Kier molecular flexibility index (Phi) is 4.72. The Hall–Kier alpha value is -2.18. The fourth-order valence-electron chi connectivity index (χ4n) is 2.29. The van der Waals surface area contributed by atoms with Crippen LogP contribution in [0.5, 0.6) is 0 Å². The summed E-state index contributed by atoms with van der Waals surface area (Å²) < 4.78 is 1.79. The van der Waals surface area contributed by atoms with Crippen molar-refractivity contribution in [2.75, 3.05) is 11.1 Å². The van der Waals surface area contributed by atoms with Gasteiger partial charge in [-0.25, -0.2) is 9.97 Å². The summed E-state index contributed by atoms with van der Waals surface area (Å²) in [5.41, 5.74) is 6.75. The summed E-state index contributed by atoms with van der Waals surface area (Å²) in [6, 6.07) is 0.0390. The molecule has 21 heavy (non-hydrogen) atoms. The molecule has 2 heterocycles. The van der Waals surface area contributed by atoms with Crippen molar-refractivity contribution in [1.29, 1.82) is 0 Å². The lowest BCUT2D eigenvalue weighted by molar-refractivity contribution is 0.497. The molecule has 0 bridgehead atoms. The molecule has 0 fully saturated rings. The molecule has 2 aromatic heterocycles. The van der Waals surface area contributed by atoms with Crippen molar-refractivity contribution in [3.8, 4) is 0 Å². The first kappa shape index (κ1) is 15.2. The number of nitrogens with zero attached hydrogens (tertiary/aromatic N) is 5. The number of aryl methyl sites for hydroxylation is 2. The lowest BCUT2D eigenvalue weighted by atomic mass is 10.0. The topological polar surface area (TPSA) is 94.5 Å². The molecular formula is C14H23N7. The fraction of sp³-hybridized carbons (Fsp3) is 0.571. The Balaban J connectivity index is 2.31. The van der Waals surface area contributed by atoms with Crippen LogP contribution in [0.1, 0.15) is 44.6 Å². The van der Waals surface area contributed by atoms with E-state index in [2.05, 4.69) is 46.1 Å². The number of nitrogens with one attached hydrogen (secondary N) is 1. The van der Waals surface area contributed by atoms with Crippen molar-refractivity contribution < 1.29 is 0 Å². The standard InChI is InChI=1S/C14H23N7/c1-5-10-7-16-14(15)20-12(10)19-11(6-9(2)3)13-17-8-18-21(13)4/h7-9,11H,5-6H2,1-4H3,(H3,15,16,19,20).